The quantitative estimate of drug-likeness (QED) is 0.797. The van der Waals surface area contributed by atoms with Gasteiger partial charge in [-0.3, -0.25) is 0 Å². The van der Waals surface area contributed by atoms with E-state index in [-0.39, 0.29) is 11.7 Å². The van der Waals surface area contributed by atoms with Crippen LogP contribution in [0.4, 0.5) is 5.69 Å². The molecular weight excluding hydrogens is 216 g/mol. The van der Waals surface area contributed by atoms with Gasteiger partial charge in [0.2, 0.25) is 0 Å². The molecule has 17 heavy (non-hydrogen) atoms. The Hall–Kier alpha value is -1.58. The van der Waals surface area contributed by atoms with Gasteiger partial charge in [0, 0.05) is 12.2 Å². The summed E-state index contributed by atoms with van der Waals surface area (Å²) in [5.74, 6) is -0.369. The third-order valence-corrected chi connectivity index (χ3v) is 2.87. The van der Waals surface area contributed by atoms with Crippen LogP contribution in [0.1, 0.15) is 44.1 Å². The number of nitrogens with one attached hydrogen (secondary N) is 1. The maximum absolute atomic E-state index is 11.0. The van der Waals surface area contributed by atoms with Crippen molar-refractivity contribution in [1.29, 1.82) is 0 Å². The summed E-state index contributed by atoms with van der Waals surface area (Å²) in [7, 11) is 0. The monoisotopic (exact) mass is 236 g/mol. The predicted octanol–water partition coefficient (Wildman–Crippen LogP) is 3.02. The summed E-state index contributed by atoms with van der Waals surface area (Å²) in [5.41, 5.74) is 0.680. The molecule has 94 valence electrons. The van der Waals surface area contributed by atoms with Gasteiger partial charge in [0.1, 0.15) is 0 Å². The molecule has 1 rings (SSSR count). The van der Waals surface area contributed by atoms with Crippen LogP contribution in [0.15, 0.2) is 18.3 Å². The fourth-order valence-corrected chi connectivity index (χ4v) is 1.79. The lowest BCUT2D eigenvalue weighted by atomic mass is 10.0. The Labute approximate surface area is 102 Å². The first-order valence-corrected chi connectivity index (χ1v) is 5.99. The van der Waals surface area contributed by atoms with Gasteiger partial charge in [0.25, 0.3) is 0 Å². The average Bonchev–Trinajstić information content (AvgIpc) is 2.29. The summed E-state index contributed by atoms with van der Waals surface area (Å²) in [6.45, 7) is 6.41. The molecule has 4 heteroatoms. The Bertz CT molecular complexity index is 379. The minimum absolute atomic E-state index is 0.0866. The van der Waals surface area contributed by atoms with Crippen molar-refractivity contribution in [2.45, 2.75) is 39.7 Å². The van der Waals surface area contributed by atoms with Crippen molar-refractivity contribution in [2.75, 3.05) is 5.32 Å². The van der Waals surface area contributed by atoms with E-state index in [1.54, 1.807) is 12.1 Å². The molecule has 1 heterocycles. The molecule has 0 spiro atoms. The van der Waals surface area contributed by atoms with Crippen molar-refractivity contribution in [3.63, 3.8) is 0 Å². The lowest BCUT2D eigenvalue weighted by molar-refractivity contribution is 0.0691. The third-order valence-electron chi connectivity index (χ3n) is 2.87. The van der Waals surface area contributed by atoms with Gasteiger partial charge in [-0.25, -0.2) is 9.78 Å². The number of pyridine rings is 1. The molecule has 0 aliphatic carbocycles. The third kappa shape index (κ3) is 4.06. The second-order valence-electron chi connectivity index (χ2n) is 4.50. The highest BCUT2D eigenvalue weighted by Gasteiger charge is 2.13. The topological polar surface area (TPSA) is 62.2 Å². The molecule has 0 saturated heterocycles. The highest BCUT2D eigenvalue weighted by molar-refractivity contribution is 5.91. The summed E-state index contributed by atoms with van der Waals surface area (Å²) in [5, 5.41) is 12.2. The van der Waals surface area contributed by atoms with E-state index in [4.69, 9.17) is 5.11 Å². The minimum Gasteiger partial charge on any atom is -0.476 e. The van der Waals surface area contributed by atoms with E-state index in [1.165, 1.54) is 6.20 Å². The van der Waals surface area contributed by atoms with Crippen LogP contribution in [0.25, 0.3) is 0 Å². The van der Waals surface area contributed by atoms with Gasteiger partial charge >= 0.3 is 5.97 Å². The second kappa shape index (κ2) is 6.23. The first kappa shape index (κ1) is 13.5. The Morgan fingerprint density at radius 2 is 2.24 bits per heavy atom. The highest BCUT2D eigenvalue weighted by Crippen LogP contribution is 2.17. The normalized spacial score (nSPS) is 14.1. The maximum atomic E-state index is 11.0. The zero-order valence-electron chi connectivity index (χ0n) is 10.6. The fraction of sp³-hybridized carbons (Fsp3) is 0.538. The average molecular weight is 236 g/mol. The van der Waals surface area contributed by atoms with Crippen molar-refractivity contribution >= 4 is 11.7 Å². The van der Waals surface area contributed by atoms with Crippen LogP contribution < -0.4 is 5.32 Å². The van der Waals surface area contributed by atoms with Crippen molar-refractivity contribution in [1.82, 2.24) is 4.98 Å². The lowest BCUT2D eigenvalue weighted by Gasteiger charge is -2.19. The Balaban J connectivity index is 2.71. The predicted molar refractivity (Wildman–Crippen MR) is 68.4 cm³/mol. The Kier molecular flexibility index (Phi) is 4.94. The standard InChI is InChI=1S/C13H20N2O2/c1-4-9(2)8-10(3)15-11-6-5-7-14-12(11)13(16)17/h5-7,9-10,15H,4,8H2,1-3H3,(H,16,17). The molecule has 0 aromatic carbocycles. The minimum atomic E-state index is -0.996. The van der Waals surface area contributed by atoms with Gasteiger partial charge in [-0.1, -0.05) is 20.3 Å². The lowest BCUT2D eigenvalue weighted by Crippen LogP contribution is -2.20. The Morgan fingerprint density at radius 1 is 1.53 bits per heavy atom. The van der Waals surface area contributed by atoms with Crippen molar-refractivity contribution in [2.24, 2.45) is 5.92 Å². The van der Waals surface area contributed by atoms with E-state index < -0.39 is 5.97 Å². The molecule has 0 fully saturated rings. The molecule has 0 saturated carbocycles. The van der Waals surface area contributed by atoms with E-state index in [9.17, 15) is 4.79 Å². The molecule has 2 N–H and O–H groups in total. The fourth-order valence-electron chi connectivity index (χ4n) is 1.79. The molecule has 2 atom stereocenters. The van der Waals surface area contributed by atoms with E-state index in [2.05, 4.69) is 31.1 Å². The zero-order valence-corrected chi connectivity index (χ0v) is 10.6. The van der Waals surface area contributed by atoms with Crippen LogP contribution in [-0.2, 0) is 0 Å². The summed E-state index contributed by atoms with van der Waals surface area (Å²) < 4.78 is 0. The van der Waals surface area contributed by atoms with Crippen LogP contribution >= 0.6 is 0 Å². The number of aromatic nitrogens is 1. The molecule has 2 unspecified atom stereocenters. The van der Waals surface area contributed by atoms with Gasteiger partial charge < -0.3 is 10.4 Å². The maximum Gasteiger partial charge on any atom is 0.356 e. The number of carbonyl (C=O) groups is 1. The highest BCUT2D eigenvalue weighted by atomic mass is 16.4. The van der Waals surface area contributed by atoms with Gasteiger partial charge in [0.15, 0.2) is 5.69 Å². The number of aromatic carboxylic acids is 1. The summed E-state index contributed by atoms with van der Waals surface area (Å²) in [6, 6.07) is 3.74. The van der Waals surface area contributed by atoms with Crippen LogP contribution in [0.2, 0.25) is 0 Å². The largest absolute Gasteiger partial charge is 0.476 e. The van der Waals surface area contributed by atoms with E-state index in [0.717, 1.165) is 12.8 Å². The SMILES string of the molecule is CCC(C)CC(C)Nc1cccnc1C(=O)O. The summed E-state index contributed by atoms with van der Waals surface area (Å²) >= 11 is 0. The number of anilines is 1. The number of nitrogens with zero attached hydrogens (tertiary/aromatic N) is 1. The molecule has 0 bridgehead atoms. The van der Waals surface area contributed by atoms with Crippen molar-refractivity contribution in [3.8, 4) is 0 Å². The van der Waals surface area contributed by atoms with Gasteiger partial charge in [0.05, 0.1) is 5.69 Å². The van der Waals surface area contributed by atoms with E-state index >= 15 is 0 Å². The number of hydrogen-bond donors (Lipinski definition) is 2. The molecule has 4 nitrogen and oxygen atoms in total. The summed E-state index contributed by atoms with van der Waals surface area (Å²) in [4.78, 5) is 14.8. The molecule has 0 aliphatic rings. The van der Waals surface area contributed by atoms with Crippen molar-refractivity contribution < 1.29 is 9.90 Å². The van der Waals surface area contributed by atoms with E-state index in [1.807, 2.05) is 0 Å². The second-order valence-corrected chi connectivity index (χ2v) is 4.50. The molecule has 0 amide bonds. The van der Waals surface area contributed by atoms with Crippen LogP contribution in [0.3, 0.4) is 0 Å². The van der Waals surface area contributed by atoms with E-state index in [0.29, 0.717) is 11.6 Å². The molecule has 0 radical (unpaired) electrons. The van der Waals surface area contributed by atoms with Crippen LogP contribution in [0, 0.1) is 5.92 Å². The first-order valence-electron chi connectivity index (χ1n) is 5.99. The smallest absolute Gasteiger partial charge is 0.356 e. The van der Waals surface area contributed by atoms with Gasteiger partial charge in [-0.05, 0) is 31.4 Å². The zero-order chi connectivity index (χ0) is 12.8. The number of rotatable bonds is 6. The van der Waals surface area contributed by atoms with Gasteiger partial charge in [-0.2, -0.15) is 0 Å². The molecular formula is C13H20N2O2. The Morgan fingerprint density at radius 3 is 2.82 bits per heavy atom. The van der Waals surface area contributed by atoms with Crippen LogP contribution in [-0.4, -0.2) is 22.1 Å². The number of carboxylic acids is 1. The van der Waals surface area contributed by atoms with Crippen LogP contribution in [0.5, 0.6) is 0 Å². The first-order chi connectivity index (χ1) is 8.04. The molecule has 0 aliphatic heterocycles. The van der Waals surface area contributed by atoms with Gasteiger partial charge in [-0.15, -0.1) is 0 Å². The number of carboxylic acid groups (broad SMARTS) is 1. The molecule has 1 aromatic heterocycles. The summed E-state index contributed by atoms with van der Waals surface area (Å²) in [6.07, 6.45) is 3.64. The van der Waals surface area contributed by atoms with Crippen molar-refractivity contribution in [3.05, 3.63) is 24.0 Å². The molecule has 1 aromatic rings. The number of hydrogen-bond acceptors (Lipinski definition) is 3.